The van der Waals surface area contributed by atoms with Crippen LogP contribution in [-0.4, -0.2) is 41.1 Å². The number of carbonyl (C=O) groups is 1. The molecule has 0 radical (unpaired) electrons. The molecule has 1 aromatic rings. The van der Waals surface area contributed by atoms with Crippen LogP contribution in [0, 0.1) is 0 Å². The number of carbonyl (C=O) groups excluding carboxylic acids is 1. The summed E-state index contributed by atoms with van der Waals surface area (Å²) in [6, 6.07) is 7.75. The Bertz CT molecular complexity index is 513. The van der Waals surface area contributed by atoms with E-state index < -0.39 is 0 Å². The third-order valence-electron chi connectivity index (χ3n) is 3.85. The number of ether oxygens (including phenoxy) is 1. The molecule has 0 bridgehead atoms. The van der Waals surface area contributed by atoms with Crippen LogP contribution in [0.3, 0.4) is 0 Å². The molecule has 0 saturated heterocycles. The number of amides is 1. The number of halogens is 1. The van der Waals surface area contributed by atoms with Crippen LogP contribution in [0.4, 0.5) is 0 Å². The summed E-state index contributed by atoms with van der Waals surface area (Å²) in [5, 5.41) is 0.694. The van der Waals surface area contributed by atoms with Crippen molar-refractivity contribution in [2.45, 2.75) is 57.9 Å². The Morgan fingerprint density at radius 3 is 2.29 bits per heavy atom. The van der Waals surface area contributed by atoms with Crippen LogP contribution in [0.2, 0.25) is 5.02 Å². The molecule has 0 spiro atoms. The molecule has 1 aromatic carbocycles. The Morgan fingerprint density at radius 1 is 1.29 bits per heavy atom. The van der Waals surface area contributed by atoms with Crippen LogP contribution < -0.4 is 0 Å². The lowest BCUT2D eigenvalue weighted by Gasteiger charge is -2.38. The van der Waals surface area contributed by atoms with Gasteiger partial charge in [-0.15, -0.1) is 0 Å². The molecule has 0 aromatic heterocycles. The monoisotopic (exact) mass is 371 g/mol. The fraction of sp³-hybridized carbons (Fsp3) is 0.632. The maximum Gasteiger partial charge on any atom is 0.220 e. The van der Waals surface area contributed by atoms with Gasteiger partial charge in [0.05, 0.1) is 12.6 Å². The highest BCUT2D eigenvalue weighted by molar-refractivity contribution is 8.00. The number of methoxy groups -OCH3 is 1. The van der Waals surface area contributed by atoms with Gasteiger partial charge in [0.2, 0.25) is 5.91 Å². The van der Waals surface area contributed by atoms with Crippen molar-refractivity contribution >= 4 is 29.3 Å². The predicted octanol–water partition coefficient (Wildman–Crippen LogP) is 5.19. The second-order valence-electron chi connectivity index (χ2n) is 6.93. The van der Waals surface area contributed by atoms with Crippen molar-refractivity contribution in [2.24, 2.45) is 0 Å². The molecule has 24 heavy (non-hydrogen) atoms. The molecular weight excluding hydrogens is 342 g/mol. The van der Waals surface area contributed by atoms with Gasteiger partial charge >= 0.3 is 0 Å². The average Bonchev–Trinajstić information content (AvgIpc) is 2.49. The normalized spacial score (nSPS) is 14.3. The minimum atomic E-state index is -0.102. The number of nitrogens with zero attached hydrogens (tertiary/aromatic N) is 1. The van der Waals surface area contributed by atoms with Gasteiger partial charge in [-0.05, 0) is 24.1 Å². The Hall–Kier alpha value is -0.710. The van der Waals surface area contributed by atoms with Gasteiger partial charge in [0.15, 0.2) is 0 Å². The first-order valence-electron chi connectivity index (χ1n) is 8.36. The summed E-state index contributed by atoms with van der Waals surface area (Å²) in [6.45, 7) is 10.9. The van der Waals surface area contributed by atoms with Crippen molar-refractivity contribution in [3.63, 3.8) is 0 Å². The van der Waals surface area contributed by atoms with Crippen molar-refractivity contribution in [1.29, 1.82) is 0 Å². The van der Waals surface area contributed by atoms with Crippen molar-refractivity contribution < 1.29 is 9.53 Å². The van der Waals surface area contributed by atoms with E-state index in [0.29, 0.717) is 11.6 Å². The second-order valence-corrected chi connectivity index (χ2v) is 9.22. The smallest absolute Gasteiger partial charge is 0.220 e. The zero-order chi connectivity index (χ0) is 18.3. The largest absolute Gasteiger partial charge is 0.382 e. The van der Waals surface area contributed by atoms with Crippen molar-refractivity contribution in [1.82, 2.24) is 4.90 Å². The first-order valence-corrected chi connectivity index (χ1v) is 9.73. The maximum atomic E-state index is 12.5. The Labute approximate surface area is 156 Å². The molecule has 1 rings (SSSR count). The average molecular weight is 372 g/mol. The van der Waals surface area contributed by atoms with E-state index in [1.54, 1.807) is 14.0 Å². The van der Waals surface area contributed by atoms with Crippen LogP contribution in [0.15, 0.2) is 24.3 Å². The predicted molar refractivity (Wildman–Crippen MR) is 105 cm³/mol. The summed E-state index contributed by atoms with van der Waals surface area (Å²) in [7, 11) is 1.67. The topological polar surface area (TPSA) is 29.5 Å². The quantitative estimate of drug-likeness (QED) is 0.630. The van der Waals surface area contributed by atoms with E-state index in [9.17, 15) is 4.79 Å². The van der Waals surface area contributed by atoms with Crippen molar-refractivity contribution in [2.75, 3.05) is 19.5 Å². The summed E-state index contributed by atoms with van der Waals surface area (Å²) in [4.78, 5) is 14.4. The standard InChI is InChI=1S/C19H30ClNO2S/c1-7-17(13-24-19(3,4)5)21(14(2)22)18(12-23-6)15-8-10-16(20)11-9-15/h8-11,17-18H,7,12-13H2,1-6H3/t17-,18-/m0/s1. The zero-order valence-electron chi connectivity index (χ0n) is 15.6. The van der Waals surface area contributed by atoms with E-state index in [1.807, 2.05) is 40.9 Å². The van der Waals surface area contributed by atoms with Gasteiger partial charge in [-0.3, -0.25) is 4.79 Å². The van der Waals surface area contributed by atoms with E-state index in [4.69, 9.17) is 16.3 Å². The molecule has 0 heterocycles. The highest BCUT2D eigenvalue weighted by atomic mass is 35.5. The lowest BCUT2D eigenvalue weighted by molar-refractivity contribution is -0.135. The van der Waals surface area contributed by atoms with E-state index in [2.05, 4.69) is 27.7 Å². The summed E-state index contributed by atoms with van der Waals surface area (Å²) in [5.41, 5.74) is 1.05. The minimum Gasteiger partial charge on any atom is -0.382 e. The molecule has 0 unspecified atom stereocenters. The van der Waals surface area contributed by atoms with Crippen molar-refractivity contribution in [3.8, 4) is 0 Å². The third kappa shape index (κ3) is 6.66. The van der Waals surface area contributed by atoms with Crippen LogP contribution in [0.5, 0.6) is 0 Å². The van der Waals surface area contributed by atoms with Gasteiger partial charge in [-0.2, -0.15) is 11.8 Å². The molecule has 0 aliphatic heterocycles. The van der Waals surface area contributed by atoms with E-state index >= 15 is 0 Å². The molecular formula is C19H30ClNO2S. The van der Waals surface area contributed by atoms with Gasteiger partial charge in [0.25, 0.3) is 0 Å². The number of hydrogen-bond acceptors (Lipinski definition) is 3. The number of thioether (sulfide) groups is 1. The molecule has 0 fully saturated rings. The van der Waals surface area contributed by atoms with Gasteiger partial charge in [-0.25, -0.2) is 0 Å². The van der Waals surface area contributed by atoms with Gasteiger partial charge < -0.3 is 9.64 Å². The Morgan fingerprint density at radius 2 is 1.88 bits per heavy atom. The molecule has 0 aliphatic carbocycles. The van der Waals surface area contributed by atoms with Gasteiger partial charge in [0.1, 0.15) is 0 Å². The van der Waals surface area contributed by atoms with Crippen LogP contribution in [0.25, 0.3) is 0 Å². The second kappa shape index (κ2) is 9.69. The first-order chi connectivity index (χ1) is 11.2. The van der Waals surface area contributed by atoms with Crippen LogP contribution in [0.1, 0.15) is 52.6 Å². The highest BCUT2D eigenvalue weighted by Crippen LogP contribution is 2.31. The molecule has 0 aliphatic rings. The maximum absolute atomic E-state index is 12.5. The minimum absolute atomic E-state index is 0.0772. The lowest BCUT2D eigenvalue weighted by atomic mass is 10.0. The zero-order valence-corrected chi connectivity index (χ0v) is 17.2. The highest BCUT2D eigenvalue weighted by Gasteiger charge is 2.30. The molecule has 0 saturated carbocycles. The molecule has 0 N–H and O–H groups in total. The summed E-state index contributed by atoms with van der Waals surface area (Å²) < 4.78 is 5.60. The molecule has 3 nitrogen and oxygen atoms in total. The Balaban J connectivity index is 3.10. The number of benzene rings is 1. The van der Waals surface area contributed by atoms with Crippen LogP contribution >= 0.6 is 23.4 Å². The SMILES string of the molecule is CC[C@@H](CSC(C)(C)C)N(C(C)=O)[C@@H](COC)c1ccc(Cl)cc1. The number of hydrogen-bond donors (Lipinski definition) is 0. The fourth-order valence-corrected chi connectivity index (χ4v) is 3.87. The fourth-order valence-electron chi connectivity index (χ4n) is 2.65. The van der Waals surface area contributed by atoms with Crippen LogP contribution in [-0.2, 0) is 9.53 Å². The summed E-state index contributed by atoms with van der Waals surface area (Å²) in [5.74, 6) is 0.987. The van der Waals surface area contributed by atoms with Gasteiger partial charge in [-0.1, -0.05) is 51.4 Å². The number of rotatable bonds is 8. The van der Waals surface area contributed by atoms with E-state index in [0.717, 1.165) is 17.7 Å². The first kappa shape index (κ1) is 21.3. The summed E-state index contributed by atoms with van der Waals surface area (Å²) in [6.07, 6.45) is 0.913. The van der Waals surface area contributed by atoms with Crippen molar-refractivity contribution in [3.05, 3.63) is 34.9 Å². The Kier molecular flexibility index (Phi) is 8.61. The van der Waals surface area contributed by atoms with E-state index in [-0.39, 0.29) is 22.7 Å². The third-order valence-corrected chi connectivity index (χ3v) is 5.52. The van der Waals surface area contributed by atoms with E-state index in [1.165, 1.54) is 0 Å². The molecule has 5 heteroatoms. The summed E-state index contributed by atoms with van der Waals surface area (Å²) >= 11 is 7.90. The molecule has 1 amide bonds. The molecule has 2 atom stereocenters. The lowest BCUT2D eigenvalue weighted by Crippen LogP contribution is -2.45. The van der Waals surface area contributed by atoms with Gasteiger partial charge in [0, 0.05) is 35.6 Å². The molecule has 136 valence electrons.